The molecule has 0 bridgehead atoms. The summed E-state index contributed by atoms with van der Waals surface area (Å²) in [5.41, 5.74) is 5.38. The van der Waals surface area contributed by atoms with Crippen LogP contribution in [0.2, 0.25) is 0 Å². The first-order chi connectivity index (χ1) is 20.4. The zero-order valence-corrected chi connectivity index (χ0v) is 28.8. The minimum absolute atomic E-state index is 0. The second kappa shape index (κ2) is 16.6. The van der Waals surface area contributed by atoms with Gasteiger partial charge >= 0.3 is 0 Å². The molecule has 3 heterocycles. The lowest BCUT2D eigenvalue weighted by molar-refractivity contribution is -0.00325. The van der Waals surface area contributed by atoms with Gasteiger partial charge in [-0.15, -0.1) is 24.8 Å². The third kappa shape index (κ3) is 7.54. The zero-order valence-electron chi connectivity index (χ0n) is 27.2. The number of aliphatic hydroxyl groups is 1. The molecule has 44 heavy (non-hydrogen) atoms. The van der Waals surface area contributed by atoms with Gasteiger partial charge in [-0.1, -0.05) is 13.3 Å². The van der Waals surface area contributed by atoms with Gasteiger partial charge in [-0.05, 0) is 91.0 Å². The van der Waals surface area contributed by atoms with E-state index in [-0.39, 0.29) is 30.9 Å². The number of hydrogen-bond acceptors (Lipinski definition) is 8. The van der Waals surface area contributed by atoms with Crippen LogP contribution in [0.3, 0.4) is 0 Å². The molecule has 3 aliphatic heterocycles. The van der Waals surface area contributed by atoms with Crippen molar-refractivity contribution in [3.63, 3.8) is 0 Å². The van der Waals surface area contributed by atoms with Gasteiger partial charge in [0.2, 0.25) is 0 Å². The zero-order chi connectivity index (χ0) is 29.8. The highest BCUT2D eigenvalue weighted by molar-refractivity contribution is 5.85. The number of piperidine rings is 1. The van der Waals surface area contributed by atoms with E-state index in [0.717, 1.165) is 74.7 Å². The topological polar surface area (TPSA) is 72.9 Å². The first-order valence-electron chi connectivity index (χ1n) is 15.7. The van der Waals surface area contributed by atoms with Crippen LogP contribution in [0.15, 0.2) is 24.3 Å². The third-order valence-corrected chi connectivity index (χ3v) is 9.90. The van der Waals surface area contributed by atoms with Crippen LogP contribution >= 0.6 is 24.8 Å². The Balaban J connectivity index is 0.00000264. The Labute approximate surface area is 276 Å². The van der Waals surface area contributed by atoms with Crippen molar-refractivity contribution in [1.82, 2.24) is 9.80 Å². The molecule has 2 aromatic rings. The molecule has 10 heteroatoms. The van der Waals surface area contributed by atoms with Crippen LogP contribution in [-0.4, -0.2) is 88.8 Å². The van der Waals surface area contributed by atoms with Gasteiger partial charge in [-0.2, -0.15) is 0 Å². The molecule has 0 amide bonds. The molecule has 1 saturated heterocycles. The fraction of sp³-hybridized carbons (Fsp3) is 0.647. The molecule has 0 spiro atoms. The monoisotopic (exact) mass is 654 g/mol. The highest BCUT2D eigenvalue weighted by Gasteiger charge is 2.41. The Kier molecular flexibility index (Phi) is 13.8. The molecular weight excluding hydrogens is 603 g/mol. The minimum Gasteiger partial charge on any atom is -0.493 e. The fourth-order valence-corrected chi connectivity index (χ4v) is 7.69. The average Bonchev–Trinajstić information content (AvgIpc) is 3.02. The van der Waals surface area contributed by atoms with Crippen molar-refractivity contribution in [3.05, 3.63) is 46.5 Å². The maximum absolute atomic E-state index is 10.9. The third-order valence-electron chi connectivity index (χ3n) is 9.90. The van der Waals surface area contributed by atoms with E-state index in [4.69, 9.17) is 23.7 Å². The molecule has 0 aliphatic carbocycles. The average molecular weight is 656 g/mol. The summed E-state index contributed by atoms with van der Waals surface area (Å²) in [4.78, 5) is 5.19. The van der Waals surface area contributed by atoms with Crippen LogP contribution in [0, 0.1) is 11.8 Å². The lowest BCUT2D eigenvalue weighted by Gasteiger charge is -2.49. The maximum atomic E-state index is 10.9. The number of rotatable bonds is 12. The van der Waals surface area contributed by atoms with E-state index in [9.17, 15) is 5.11 Å². The SMILES string of the molecule is CCOCC(O)CN1CCc2cc(OC)c(OC)cc2C1CC1CC2c3cc(OC)c(OC)cc3CCN2CC1CC.Cl.Cl. The molecule has 0 aromatic heterocycles. The number of nitrogens with zero attached hydrogens (tertiary/aromatic N) is 2. The summed E-state index contributed by atoms with van der Waals surface area (Å²) in [6.45, 7) is 8.96. The summed E-state index contributed by atoms with van der Waals surface area (Å²) in [5.74, 6) is 4.32. The van der Waals surface area contributed by atoms with Gasteiger partial charge in [0, 0.05) is 44.9 Å². The number of ether oxygens (including phenoxy) is 5. The van der Waals surface area contributed by atoms with Crippen LogP contribution in [0.1, 0.15) is 67.4 Å². The molecule has 5 atom stereocenters. The van der Waals surface area contributed by atoms with Crippen molar-refractivity contribution in [2.24, 2.45) is 11.8 Å². The Morgan fingerprint density at radius 2 is 1.36 bits per heavy atom. The van der Waals surface area contributed by atoms with Crippen LogP contribution in [0.4, 0.5) is 0 Å². The summed E-state index contributed by atoms with van der Waals surface area (Å²) < 4.78 is 28.4. The first kappa shape index (κ1) is 36.5. The number of methoxy groups -OCH3 is 4. The van der Waals surface area contributed by atoms with E-state index in [1.165, 1.54) is 22.3 Å². The number of benzene rings is 2. The molecular formula is C34H52Cl2N2O6. The highest BCUT2D eigenvalue weighted by atomic mass is 35.5. The fourth-order valence-electron chi connectivity index (χ4n) is 7.69. The van der Waals surface area contributed by atoms with Crippen molar-refractivity contribution in [2.75, 3.05) is 67.8 Å². The Morgan fingerprint density at radius 1 is 0.795 bits per heavy atom. The van der Waals surface area contributed by atoms with E-state index >= 15 is 0 Å². The number of β-amino-alcohol motifs (C(OH)–C–C–N with tert-alkyl or cyclic N) is 1. The molecule has 1 N–H and O–H groups in total. The Hall–Kier alpha value is -1.94. The van der Waals surface area contributed by atoms with E-state index in [1.807, 2.05) is 6.92 Å². The predicted octanol–water partition coefficient (Wildman–Crippen LogP) is 5.90. The Bertz CT molecular complexity index is 1220. The molecule has 0 radical (unpaired) electrons. The molecule has 248 valence electrons. The van der Waals surface area contributed by atoms with Gasteiger partial charge in [-0.25, -0.2) is 0 Å². The number of aliphatic hydroxyl groups excluding tert-OH is 1. The van der Waals surface area contributed by atoms with Gasteiger partial charge in [0.05, 0.1) is 41.2 Å². The first-order valence-corrected chi connectivity index (χ1v) is 15.7. The van der Waals surface area contributed by atoms with E-state index in [2.05, 4.69) is 41.0 Å². The Morgan fingerprint density at radius 3 is 1.95 bits per heavy atom. The largest absolute Gasteiger partial charge is 0.493 e. The van der Waals surface area contributed by atoms with Gasteiger partial charge in [-0.3, -0.25) is 9.80 Å². The number of hydrogen-bond donors (Lipinski definition) is 1. The quantitative estimate of drug-likeness (QED) is 0.304. The molecule has 1 fully saturated rings. The number of halogens is 2. The summed E-state index contributed by atoms with van der Waals surface area (Å²) >= 11 is 0. The smallest absolute Gasteiger partial charge is 0.161 e. The van der Waals surface area contributed by atoms with Crippen molar-refractivity contribution in [2.45, 2.75) is 64.1 Å². The normalized spacial score (nSPS) is 23.6. The van der Waals surface area contributed by atoms with Gasteiger partial charge in [0.15, 0.2) is 23.0 Å². The van der Waals surface area contributed by atoms with Crippen molar-refractivity contribution < 1.29 is 28.8 Å². The molecule has 8 nitrogen and oxygen atoms in total. The van der Waals surface area contributed by atoms with Crippen molar-refractivity contribution in [1.29, 1.82) is 0 Å². The molecule has 5 rings (SSSR count). The lowest BCUT2D eigenvalue weighted by atomic mass is 9.72. The van der Waals surface area contributed by atoms with Gasteiger partial charge in [0.1, 0.15) is 0 Å². The van der Waals surface area contributed by atoms with Crippen LogP contribution < -0.4 is 18.9 Å². The lowest BCUT2D eigenvalue weighted by Crippen LogP contribution is -2.48. The van der Waals surface area contributed by atoms with Gasteiger partial charge in [0.25, 0.3) is 0 Å². The van der Waals surface area contributed by atoms with Crippen LogP contribution in [-0.2, 0) is 17.6 Å². The second-order valence-electron chi connectivity index (χ2n) is 12.0. The molecule has 0 saturated carbocycles. The van der Waals surface area contributed by atoms with E-state index in [1.54, 1.807) is 28.4 Å². The summed E-state index contributed by atoms with van der Waals surface area (Å²) in [6.07, 6.45) is 4.73. The van der Waals surface area contributed by atoms with E-state index < -0.39 is 6.10 Å². The maximum Gasteiger partial charge on any atom is 0.161 e. The van der Waals surface area contributed by atoms with Gasteiger partial charge < -0.3 is 28.8 Å². The van der Waals surface area contributed by atoms with Crippen molar-refractivity contribution >= 4 is 24.8 Å². The molecule has 5 unspecified atom stereocenters. The number of fused-ring (bicyclic) bond motifs is 4. The second-order valence-corrected chi connectivity index (χ2v) is 12.0. The van der Waals surface area contributed by atoms with Crippen molar-refractivity contribution in [3.8, 4) is 23.0 Å². The standard InChI is InChI=1S/C34H50N2O6.2ClH/c1-7-22-19-35-11-9-23-15-31(38-3)33(40-5)17-27(23)29(35)13-25(22)14-30-28-18-34(41-6)32(39-4)16-24(28)10-12-36(30)20-26(37)21-42-8-2;;/h15-18,22,25-26,29-30,37H,7-14,19-21H2,1-6H3;2*1H. The molecule has 3 aliphatic rings. The summed E-state index contributed by atoms with van der Waals surface area (Å²) in [6, 6.07) is 9.30. The van der Waals surface area contributed by atoms with Crippen LogP contribution in [0.5, 0.6) is 23.0 Å². The van der Waals surface area contributed by atoms with E-state index in [0.29, 0.717) is 37.6 Å². The molecule has 2 aromatic carbocycles. The minimum atomic E-state index is -0.523. The van der Waals surface area contributed by atoms with Crippen LogP contribution in [0.25, 0.3) is 0 Å². The predicted molar refractivity (Wildman–Crippen MR) is 179 cm³/mol. The summed E-state index contributed by atoms with van der Waals surface area (Å²) in [7, 11) is 6.84. The summed E-state index contributed by atoms with van der Waals surface area (Å²) in [5, 5.41) is 10.9. The highest BCUT2D eigenvalue weighted by Crippen LogP contribution is 2.49.